The Balaban J connectivity index is 0.000000185. The molecule has 816 valence electrons. The molecule has 9 aromatic rings. The van der Waals surface area contributed by atoms with Crippen LogP contribution in [-0.4, -0.2) is 300 Å². The quantitative estimate of drug-likeness (QED) is 0.0869. The van der Waals surface area contributed by atoms with Crippen LogP contribution in [-0.2, 0) is 13.0 Å². The van der Waals surface area contributed by atoms with Crippen molar-refractivity contribution in [3.05, 3.63) is 284 Å². The maximum atomic E-state index is 13.6. The highest BCUT2D eigenvalue weighted by Crippen LogP contribution is 2.34. The van der Waals surface area contributed by atoms with Gasteiger partial charge in [0.05, 0.1) is 16.4 Å². The van der Waals surface area contributed by atoms with Gasteiger partial charge in [0.25, 0.3) is 0 Å². The predicted octanol–water partition coefficient (Wildman–Crippen LogP) is 26.3. The van der Waals surface area contributed by atoms with Gasteiger partial charge in [-0.3, -0.25) is 44.1 Å². The fourth-order valence-corrected chi connectivity index (χ4v) is 22.0. The maximum Gasteiger partial charge on any atom is 0.146 e. The molecule has 19 heteroatoms. The highest BCUT2D eigenvalue weighted by molar-refractivity contribution is 6.33. The van der Waals surface area contributed by atoms with E-state index in [1.54, 1.807) is 23.8 Å². The van der Waals surface area contributed by atoms with Crippen molar-refractivity contribution in [2.45, 2.75) is 294 Å². The number of hydrogen-bond donors (Lipinski definition) is 0. The van der Waals surface area contributed by atoms with Crippen molar-refractivity contribution in [2.24, 2.45) is 0 Å². The zero-order valence-electron chi connectivity index (χ0n) is 96.8. The van der Waals surface area contributed by atoms with E-state index in [1.165, 1.54) is 174 Å². The van der Waals surface area contributed by atoms with E-state index < -0.39 is 0 Å². The molecule has 7 fully saturated rings. The number of para-hydroxylation sites is 3. The van der Waals surface area contributed by atoms with Crippen LogP contribution in [0.3, 0.4) is 0 Å². The molecule has 0 spiro atoms. The predicted molar refractivity (Wildman–Crippen MR) is 642 cm³/mol. The molecule has 7 saturated heterocycles. The molecule has 9 aliphatic rings. The van der Waals surface area contributed by atoms with E-state index in [1.807, 2.05) is 31.2 Å². The van der Waals surface area contributed by atoms with Crippen molar-refractivity contribution in [3.8, 4) is 0 Å². The Hall–Kier alpha value is -8.89. The molecule has 148 heavy (non-hydrogen) atoms. The van der Waals surface area contributed by atoms with E-state index >= 15 is 0 Å². The summed E-state index contributed by atoms with van der Waals surface area (Å²) in [7, 11) is 0. The normalized spacial score (nSPS) is 18.7. The lowest BCUT2D eigenvalue weighted by Crippen LogP contribution is -2.58. The Kier molecular flexibility index (Phi) is 50.6. The van der Waals surface area contributed by atoms with Gasteiger partial charge in [-0.25, -0.2) is 8.78 Å². The SMILES string of the molecule is C.CC(C)N1CCN(c2ccccc2Cl)CC1.CC(C)N1CCN(c2ccccc2F)CC1.Cc1cc(F)cc(N2C(C)CN(C(C)C)CC2C)c1.Cc1ccc(C2=CCN(C(C)C)CC2)cc1.Cc1ccc(N2CCN(C(C)C)CC2)c(C)c1.Cc1ccc(N2CCN(C(C)C)CC2)c(C)c1.Cc1ccc(N2CCN(C(C)C)CC2)cc1.Cc1ccc2c(c1)CCN(C(C)C)C2.Cc1ccccc1N1CCN(C(C)C)CC1. The summed E-state index contributed by atoms with van der Waals surface area (Å²) in [6.45, 7) is 98.3. The van der Waals surface area contributed by atoms with E-state index in [-0.39, 0.29) is 19.1 Å². The molecule has 2 atom stereocenters. The summed E-state index contributed by atoms with van der Waals surface area (Å²) in [4.78, 5) is 39.6. The Bertz CT molecular complexity index is 5060. The Morgan fingerprint density at radius 3 is 0.980 bits per heavy atom. The summed E-state index contributed by atoms with van der Waals surface area (Å²) in [5, 5.41) is 0.862. The van der Waals surface area contributed by atoms with Crippen molar-refractivity contribution in [1.29, 1.82) is 0 Å². The summed E-state index contributed by atoms with van der Waals surface area (Å²) in [6, 6.07) is 74.0. The van der Waals surface area contributed by atoms with Crippen LogP contribution in [0.15, 0.2) is 200 Å². The minimum Gasteiger partial charge on any atom is -0.369 e. The van der Waals surface area contributed by atoms with Gasteiger partial charge in [-0.15, -0.1) is 0 Å². The average Bonchev–Trinajstić information content (AvgIpc) is 0.794. The Morgan fingerprint density at radius 1 is 0.264 bits per heavy atom. The van der Waals surface area contributed by atoms with E-state index in [0.29, 0.717) is 66.5 Å². The van der Waals surface area contributed by atoms with Crippen LogP contribution in [0.1, 0.15) is 219 Å². The standard InChI is InChI=1S/C16H25FN2.2C15H24N2.C15H21N.2C14H22N2.C13H19ClN2.C13H19FN2.C13H19N.CH4/c1-11(2)18-9-13(4)19(14(5)10-18)16-7-12(3)6-15(17)8-16;2*1-12(2)16-7-9-17(10-8-16)15-6-5-13(3)11-14(15)4;1-12(2)16-10-8-15(9-11-16)14-6-4-13(3)5-7-14;1-12(2)15-8-10-16(11-9-15)14-6-4-13(3)5-7-14;1-12(2)15-8-10-16(11-9-15)14-7-5-4-6-13(14)3;2*1-11(2)15-7-9-16(10-8-15)13-6-4-3-5-12(13)14;1-10(2)14-7-6-12-8-11(3)4-5-13(12)9-14;/h6-8,11,13-14H,9-10H2,1-5H3;2*5-6,11-12H,7-10H2,1-4H3;4-8,12H,9-11H2,1-3H3;2*4-7,12H,8-11H2,1-3H3;2*3-6,11H,7-10H2,1-2H3;4-5,8,10H,6-7,9H2,1-3H3;1H4. The lowest BCUT2D eigenvalue weighted by atomic mass is 9.97. The summed E-state index contributed by atoms with van der Waals surface area (Å²) < 4.78 is 27.2. The van der Waals surface area contributed by atoms with Gasteiger partial charge in [-0.2, -0.15) is 0 Å². The van der Waals surface area contributed by atoms with E-state index in [0.717, 1.165) is 153 Å². The van der Waals surface area contributed by atoms with Crippen LogP contribution >= 0.6 is 11.6 Å². The number of fused-ring (bicyclic) bond motifs is 1. The van der Waals surface area contributed by atoms with Crippen molar-refractivity contribution >= 4 is 57.0 Å². The summed E-state index contributed by atoms with van der Waals surface area (Å²) in [6.07, 6.45) is 4.78. The molecular formula is C129H199ClF2N16. The number of aryl methyl sites for hydroxylation is 9. The second kappa shape index (κ2) is 61.1. The lowest BCUT2D eigenvalue weighted by molar-refractivity contribution is 0.161. The molecule has 2 unspecified atom stereocenters. The topological polar surface area (TPSA) is 51.8 Å². The lowest BCUT2D eigenvalue weighted by Gasteiger charge is -2.47. The van der Waals surface area contributed by atoms with Gasteiger partial charge in [0.2, 0.25) is 0 Å². The first kappa shape index (κ1) is 123. The van der Waals surface area contributed by atoms with Crippen LogP contribution < -0.4 is 34.3 Å². The molecule has 9 aromatic carbocycles. The second-order valence-corrected chi connectivity index (χ2v) is 45.9. The molecule has 0 radical (unpaired) electrons. The molecule has 0 aliphatic carbocycles. The van der Waals surface area contributed by atoms with Gasteiger partial charge in [0.1, 0.15) is 11.6 Å². The van der Waals surface area contributed by atoms with Gasteiger partial charge in [0.15, 0.2) is 0 Å². The number of halogens is 3. The van der Waals surface area contributed by atoms with Crippen LogP contribution in [0.25, 0.3) is 5.57 Å². The maximum absolute atomic E-state index is 13.6. The van der Waals surface area contributed by atoms with Gasteiger partial charge in [-0.1, -0.05) is 174 Å². The summed E-state index contributed by atoms with van der Waals surface area (Å²) in [5.41, 5.74) is 26.5. The van der Waals surface area contributed by atoms with Crippen LogP contribution in [0, 0.1) is 73.9 Å². The molecule has 0 bridgehead atoms. The van der Waals surface area contributed by atoms with Crippen LogP contribution in [0.4, 0.5) is 48.6 Å². The van der Waals surface area contributed by atoms with Crippen molar-refractivity contribution in [1.82, 2.24) is 44.1 Å². The average molecular weight is 2050 g/mol. The summed E-state index contributed by atoms with van der Waals surface area (Å²) in [5.74, 6) is -0.249. The first-order valence-electron chi connectivity index (χ1n) is 56.4. The van der Waals surface area contributed by atoms with E-state index in [2.05, 4.69) is 424 Å². The number of piperazine rings is 7. The third-order valence-corrected chi connectivity index (χ3v) is 31.7. The number of nitrogens with zero attached hydrogens (tertiary/aromatic N) is 16. The molecule has 0 aromatic heterocycles. The second-order valence-electron chi connectivity index (χ2n) is 45.5. The first-order chi connectivity index (χ1) is 70.1. The molecule has 9 heterocycles. The highest BCUT2D eigenvalue weighted by atomic mass is 35.5. The highest BCUT2D eigenvalue weighted by Gasteiger charge is 2.33. The first-order valence-corrected chi connectivity index (χ1v) is 56.8. The fraction of sp³-hybridized carbons (Fsp3) is 0.566. The minimum absolute atomic E-state index is 0. The zero-order valence-corrected chi connectivity index (χ0v) is 97.6. The molecule has 0 saturated carbocycles. The fourth-order valence-electron chi connectivity index (χ4n) is 21.8. The van der Waals surface area contributed by atoms with E-state index in [4.69, 9.17) is 11.6 Å². The molecular weight excluding hydrogens is 1850 g/mol. The zero-order chi connectivity index (χ0) is 107. The molecule has 18 rings (SSSR count). The van der Waals surface area contributed by atoms with Gasteiger partial charge in [-0.05, 0) is 331 Å². The molecule has 0 amide bonds. The van der Waals surface area contributed by atoms with E-state index in [9.17, 15) is 8.78 Å². The van der Waals surface area contributed by atoms with Crippen molar-refractivity contribution in [3.63, 3.8) is 0 Å². The third-order valence-electron chi connectivity index (χ3n) is 31.4. The molecule has 0 N–H and O–H groups in total. The monoisotopic (exact) mass is 2050 g/mol. The number of anilines is 7. The molecule has 9 aliphatic heterocycles. The third kappa shape index (κ3) is 38.1. The van der Waals surface area contributed by atoms with Gasteiger partial charge >= 0.3 is 0 Å². The minimum atomic E-state index is -0.138. The van der Waals surface area contributed by atoms with Crippen LogP contribution in [0.2, 0.25) is 5.02 Å². The Labute approximate surface area is 905 Å². The molecule has 16 nitrogen and oxygen atoms in total. The number of benzene rings is 9. The van der Waals surface area contributed by atoms with Gasteiger partial charge in [0, 0.05) is 291 Å². The largest absolute Gasteiger partial charge is 0.369 e. The van der Waals surface area contributed by atoms with Gasteiger partial charge < -0.3 is 34.3 Å². The smallest absolute Gasteiger partial charge is 0.146 e. The number of hydrogen-bond acceptors (Lipinski definition) is 16. The van der Waals surface area contributed by atoms with Crippen molar-refractivity contribution in [2.75, 3.05) is 224 Å². The Morgan fingerprint density at radius 2 is 0.601 bits per heavy atom. The van der Waals surface area contributed by atoms with Crippen molar-refractivity contribution < 1.29 is 8.78 Å². The summed E-state index contributed by atoms with van der Waals surface area (Å²) >= 11 is 6.20. The van der Waals surface area contributed by atoms with Crippen LogP contribution in [0.5, 0.6) is 0 Å². The number of rotatable bonds is 17.